The second kappa shape index (κ2) is 8.40. The van der Waals surface area contributed by atoms with Crippen LogP contribution in [0.15, 0.2) is 18.2 Å². The molecule has 0 aliphatic carbocycles. The van der Waals surface area contributed by atoms with Gasteiger partial charge in [-0.2, -0.15) is 0 Å². The number of nitrogens with zero attached hydrogens (tertiary/aromatic N) is 2. The lowest BCUT2D eigenvalue weighted by Crippen LogP contribution is -2.49. The van der Waals surface area contributed by atoms with E-state index in [1.54, 1.807) is 4.90 Å². The van der Waals surface area contributed by atoms with E-state index in [0.717, 1.165) is 37.6 Å². The number of piperazine rings is 1. The van der Waals surface area contributed by atoms with Crippen molar-refractivity contribution in [3.63, 3.8) is 0 Å². The molecular weight excluding hydrogens is 334 g/mol. The molecule has 0 spiro atoms. The first-order chi connectivity index (χ1) is 12.5. The van der Waals surface area contributed by atoms with Crippen LogP contribution in [0, 0.1) is 0 Å². The Morgan fingerprint density at radius 3 is 2.62 bits per heavy atom. The first kappa shape index (κ1) is 18.5. The van der Waals surface area contributed by atoms with Crippen LogP contribution in [0.5, 0.6) is 11.5 Å². The largest absolute Gasteiger partial charge is 0.454 e. The minimum atomic E-state index is -0.188. The van der Waals surface area contributed by atoms with Gasteiger partial charge in [-0.3, -0.25) is 14.5 Å². The summed E-state index contributed by atoms with van der Waals surface area (Å²) in [6, 6.07) is 6.10. The van der Waals surface area contributed by atoms with E-state index in [1.807, 2.05) is 32.0 Å². The Morgan fingerprint density at radius 1 is 1.15 bits per heavy atom. The zero-order valence-electron chi connectivity index (χ0n) is 15.5. The Kier molecular flexibility index (Phi) is 5.98. The average molecular weight is 361 g/mol. The van der Waals surface area contributed by atoms with E-state index in [9.17, 15) is 9.59 Å². The van der Waals surface area contributed by atoms with Gasteiger partial charge in [0.25, 0.3) is 0 Å². The third-order valence-electron chi connectivity index (χ3n) is 4.90. The maximum atomic E-state index is 12.3. The minimum absolute atomic E-state index is 0.0630. The van der Waals surface area contributed by atoms with Crippen LogP contribution in [-0.4, -0.2) is 60.6 Å². The Hall–Kier alpha value is -2.28. The number of hydrogen-bond acceptors (Lipinski definition) is 5. The second-order valence-corrected chi connectivity index (χ2v) is 6.90. The number of carbonyl (C=O) groups is 2. The molecule has 1 aromatic rings. The summed E-state index contributed by atoms with van der Waals surface area (Å²) in [4.78, 5) is 28.3. The number of nitrogens with one attached hydrogen (secondary N) is 1. The molecule has 2 aliphatic rings. The molecule has 1 atom stereocenters. The number of benzene rings is 1. The fraction of sp³-hybridized carbons (Fsp3) is 0.579. The summed E-state index contributed by atoms with van der Waals surface area (Å²) in [5.41, 5.74) is 1.17. The topological polar surface area (TPSA) is 71.1 Å². The number of fused-ring (bicyclic) bond motifs is 1. The Bertz CT molecular complexity index is 656. The lowest BCUT2D eigenvalue weighted by Gasteiger charge is -2.34. The highest BCUT2D eigenvalue weighted by atomic mass is 16.7. The highest BCUT2D eigenvalue weighted by Crippen LogP contribution is 2.32. The van der Waals surface area contributed by atoms with Crippen molar-refractivity contribution in [2.45, 2.75) is 39.3 Å². The van der Waals surface area contributed by atoms with Gasteiger partial charge in [-0.1, -0.05) is 13.0 Å². The molecule has 0 saturated carbocycles. The Balaban J connectivity index is 1.44. The summed E-state index contributed by atoms with van der Waals surface area (Å²) in [6.07, 6.45) is 0.797. The van der Waals surface area contributed by atoms with Crippen LogP contribution in [0.3, 0.4) is 0 Å². The van der Waals surface area contributed by atoms with Crippen LogP contribution in [-0.2, 0) is 16.1 Å². The van der Waals surface area contributed by atoms with E-state index in [0.29, 0.717) is 13.1 Å². The van der Waals surface area contributed by atoms with Gasteiger partial charge in [-0.05, 0) is 31.0 Å². The zero-order chi connectivity index (χ0) is 18.5. The van der Waals surface area contributed by atoms with Crippen LogP contribution in [0.25, 0.3) is 0 Å². The molecule has 2 amide bonds. The van der Waals surface area contributed by atoms with Crippen molar-refractivity contribution < 1.29 is 19.1 Å². The number of rotatable bonds is 6. The lowest BCUT2D eigenvalue weighted by molar-refractivity contribution is -0.137. The molecule has 26 heavy (non-hydrogen) atoms. The molecule has 1 aromatic carbocycles. The van der Waals surface area contributed by atoms with Gasteiger partial charge < -0.3 is 19.7 Å². The van der Waals surface area contributed by atoms with Crippen LogP contribution >= 0.6 is 0 Å². The molecular formula is C19H27N3O4. The lowest BCUT2D eigenvalue weighted by atomic mass is 10.1. The number of amides is 2. The van der Waals surface area contributed by atoms with Gasteiger partial charge >= 0.3 is 0 Å². The molecule has 2 aliphatic heterocycles. The summed E-state index contributed by atoms with van der Waals surface area (Å²) in [5, 5.41) is 2.84. The predicted octanol–water partition coefficient (Wildman–Crippen LogP) is 1.36. The predicted molar refractivity (Wildman–Crippen MR) is 96.9 cm³/mol. The summed E-state index contributed by atoms with van der Waals surface area (Å²) < 4.78 is 10.8. The van der Waals surface area contributed by atoms with Crippen molar-refractivity contribution in [1.82, 2.24) is 15.1 Å². The molecule has 1 unspecified atom stereocenters. The molecule has 1 fully saturated rings. The number of carbonyl (C=O) groups excluding carboxylic acids is 2. The van der Waals surface area contributed by atoms with E-state index < -0.39 is 0 Å². The third kappa shape index (κ3) is 4.66. The molecule has 0 bridgehead atoms. The third-order valence-corrected chi connectivity index (χ3v) is 4.90. The normalized spacial score (nSPS) is 17.8. The summed E-state index contributed by atoms with van der Waals surface area (Å²) in [7, 11) is 0. The van der Waals surface area contributed by atoms with E-state index >= 15 is 0 Å². The Labute approximate surface area is 154 Å². The van der Waals surface area contributed by atoms with Gasteiger partial charge in [0.2, 0.25) is 18.6 Å². The maximum Gasteiger partial charge on any atom is 0.232 e. The van der Waals surface area contributed by atoms with Crippen molar-refractivity contribution >= 4 is 11.8 Å². The van der Waals surface area contributed by atoms with Gasteiger partial charge in [-0.25, -0.2) is 0 Å². The molecule has 2 heterocycles. The van der Waals surface area contributed by atoms with Crippen LogP contribution in [0.4, 0.5) is 0 Å². The molecule has 142 valence electrons. The second-order valence-electron chi connectivity index (χ2n) is 6.90. The van der Waals surface area contributed by atoms with E-state index in [1.165, 1.54) is 5.56 Å². The molecule has 1 saturated heterocycles. The van der Waals surface area contributed by atoms with Crippen molar-refractivity contribution in [2.24, 2.45) is 0 Å². The Morgan fingerprint density at radius 2 is 1.88 bits per heavy atom. The quantitative estimate of drug-likeness (QED) is 0.775. The number of hydrogen-bond donors (Lipinski definition) is 1. The fourth-order valence-corrected chi connectivity index (χ4v) is 3.13. The first-order valence-electron chi connectivity index (χ1n) is 9.23. The van der Waals surface area contributed by atoms with Crippen molar-refractivity contribution in [2.75, 3.05) is 33.0 Å². The highest BCUT2D eigenvalue weighted by Gasteiger charge is 2.23. The van der Waals surface area contributed by atoms with Crippen LogP contribution < -0.4 is 14.8 Å². The van der Waals surface area contributed by atoms with Gasteiger partial charge in [-0.15, -0.1) is 0 Å². The van der Waals surface area contributed by atoms with E-state index in [-0.39, 0.29) is 31.1 Å². The van der Waals surface area contributed by atoms with Crippen LogP contribution in [0.2, 0.25) is 0 Å². The first-order valence-corrected chi connectivity index (χ1v) is 9.23. The average Bonchev–Trinajstić information content (AvgIpc) is 3.09. The van der Waals surface area contributed by atoms with Gasteiger partial charge in [0.1, 0.15) is 6.42 Å². The summed E-state index contributed by atoms with van der Waals surface area (Å²) in [6.45, 7) is 7.95. The van der Waals surface area contributed by atoms with E-state index in [4.69, 9.17) is 9.47 Å². The standard InChI is InChI=1S/C19H27N3O4/c1-3-14(2)20-18(23)11-19(24)22-8-6-21(7-9-22)12-15-4-5-16-17(10-15)26-13-25-16/h4-5,10,14H,3,6-9,11-13H2,1-2H3,(H,20,23). The maximum absolute atomic E-state index is 12.3. The zero-order valence-corrected chi connectivity index (χ0v) is 15.5. The van der Waals surface area contributed by atoms with Crippen molar-refractivity contribution in [1.29, 1.82) is 0 Å². The van der Waals surface area contributed by atoms with Crippen molar-refractivity contribution in [3.8, 4) is 11.5 Å². The molecule has 7 nitrogen and oxygen atoms in total. The molecule has 0 radical (unpaired) electrons. The van der Waals surface area contributed by atoms with E-state index in [2.05, 4.69) is 10.2 Å². The molecule has 7 heteroatoms. The van der Waals surface area contributed by atoms with Crippen LogP contribution in [0.1, 0.15) is 32.3 Å². The summed E-state index contributed by atoms with van der Waals surface area (Å²) in [5.74, 6) is 1.31. The van der Waals surface area contributed by atoms with Gasteiger partial charge in [0, 0.05) is 38.8 Å². The van der Waals surface area contributed by atoms with Gasteiger partial charge in [0.05, 0.1) is 0 Å². The summed E-state index contributed by atoms with van der Waals surface area (Å²) >= 11 is 0. The molecule has 1 N–H and O–H groups in total. The smallest absolute Gasteiger partial charge is 0.232 e. The number of ether oxygens (including phenoxy) is 2. The fourth-order valence-electron chi connectivity index (χ4n) is 3.13. The van der Waals surface area contributed by atoms with Crippen molar-refractivity contribution in [3.05, 3.63) is 23.8 Å². The molecule has 3 rings (SSSR count). The monoisotopic (exact) mass is 361 g/mol. The molecule has 0 aromatic heterocycles. The minimum Gasteiger partial charge on any atom is -0.454 e. The SMILES string of the molecule is CCC(C)NC(=O)CC(=O)N1CCN(Cc2ccc3c(c2)OCO3)CC1. The highest BCUT2D eigenvalue weighted by molar-refractivity contribution is 5.97. The van der Waals surface area contributed by atoms with Gasteiger partial charge in [0.15, 0.2) is 11.5 Å².